The quantitative estimate of drug-likeness (QED) is 0.787. The third-order valence-corrected chi connectivity index (χ3v) is 3.90. The van der Waals surface area contributed by atoms with Gasteiger partial charge < -0.3 is 14.4 Å². The molecule has 1 fully saturated rings. The summed E-state index contributed by atoms with van der Waals surface area (Å²) in [5.41, 5.74) is 0.557. The first-order chi connectivity index (χ1) is 9.67. The molecule has 1 saturated heterocycles. The number of ketones is 1. The molecule has 5 nitrogen and oxygen atoms in total. The maximum Gasteiger partial charge on any atom is 0.231 e. The summed E-state index contributed by atoms with van der Waals surface area (Å²) in [7, 11) is 0. The summed E-state index contributed by atoms with van der Waals surface area (Å²) in [6, 6.07) is 5.13. The van der Waals surface area contributed by atoms with Gasteiger partial charge in [0.1, 0.15) is 0 Å². The molecule has 3 rings (SSSR count). The van der Waals surface area contributed by atoms with Crippen LogP contribution in [0.4, 0.5) is 0 Å². The molecule has 5 heteroatoms. The summed E-state index contributed by atoms with van der Waals surface area (Å²) in [6.07, 6.45) is 1.53. The Balaban J connectivity index is 1.69. The first kappa shape index (κ1) is 13.0. The third kappa shape index (κ3) is 2.35. The van der Waals surface area contributed by atoms with Crippen molar-refractivity contribution < 1.29 is 19.1 Å². The van der Waals surface area contributed by atoms with Gasteiger partial charge in [-0.1, -0.05) is 13.3 Å². The van der Waals surface area contributed by atoms with Crippen molar-refractivity contribution in [1.29, 1.82) is 0 Å². The lowest BCUT2D eigenvalue weighted by molar-refractivity contribution is -0.127. The zero-order chi connectivity index (χ0) is 14.1. The summed E-state index contributed by atoms with van der Waals surface area (Å²) in [5.74, 6) is 1.64. The van der Waals surface area contributed by atoms with E-state index in [-0.39, 0.29) is 25.0 Å². The Morgan fingerprint density at radius 3 is 2.90 bits per heavy atom. The number of benzene rings is 1. The molecule has 1 unspecified atom stereocenters. The van der Waals surface area contributed by atoms with Gasteiger partial charge in [-0.15, -0.1) is 0 Å². The summed E-state index contributed by atoms with van der Waals surface area (Å²) in [4.78, 5) is 25.7. The zero-order valence-electron chi connectivity index (χ0n) is 11.4. The number of fused-ring (bicyclic) bond motifs is 1. The molecule has 1 atom stereocenters. The number of likely N-dealkylation sites (tertiary alicyclic amines) is 1. The number of hydrogen-bond acceptors (Lipinski definition) is 4. The van der Waals surface area contributed by atoms with E-state index < -0.39 is 0 Å². The van der Waals surface area contributed by atoms with Crippen molar-refractivity contribution in [2.45, 2.75) is 19.8 Å². The van der Waals surface area contributed by atoms with Crippen LogP contribution < -0.4 is 9.47 Å². The van der Waals surface area contributed by atoms with Gasteiger partial charge in [-0.2, -0.15) is 0 Å². The van der Waals surface area contributed by atoms with Crippen LogP contribution in [0.2, 0.25) is 0 Å². The molecule has 1 amide bonds. The molecule has 1 aromatic carbocycles. The van der Waals surface area contributed by atoms with Gasteiger partial charge in [0.2, 0.25) is 12.7 Å². The molecule has 20 heavy (non-hydrogen) atoms. The van der Waals surface area contributed by atoms with Crippen molar-refractivity contribution in [2.75, 3.05) is 19.9 Å². The van der Waals surface area contributed by atoms with Crippen molar-refractivity contribution in [1.82, 2.24) is 4.90 Å². The lowest BCUT2D eigenvalue weighted by Gasteiger charge is -2.15. The molecule has 0 aromatic heterocycles. The van der Waals surface area contributed by atoms with Crippen LogP contribution in [0, 0.1) is 5.92 Å². The molecule has 2 aliphatic heterocycles. The van der Waals surface area contributed by atoms with Crippen molar-refractivity contribution in [3.8, 4) is 11.5 Å². The van der Waals surface area contributed by atoms with Gasteiger partial charge in [-0.05, 0) is 24.1 Å². The van der Waals surface area contributed by atoms with Crippen molar-refractivity contribution >= 4 is 11.7 Å². The van der Waals surface area contributed by atoms with E-state index in [1.54, 1.807) is 23.1 Å². The number of hydrogen-bond donors (Lipinski definition) is 0. The topological polar surface area (TPSA) is 55.8 Å². The molecule has 0 radical (unpaired) electrons. The second-order valence-corrected chi connectivity index (χ2v) is 5.24. The molecule has 2 heterocycles. The fraction of sp³-hybridized carbons (Fsp3) is 0.467. The van der Waals surface area contributed by atoms with Gasteiger partial charge >= 0.3 is 0 Å². The van der Waals surface area contributed by atoms with Crippen molar-refractivity contribution in [3.05, 3.63) is 23.8 Å². The van der Waals surface area contributed by atoms with Crippen LogP contribution in [0.1, 0.15) is 30.1 Å². The Hall–Kier alpha value is -2.04. The number of rotatable bonds is 4. The molecule has 106 valence electrons. The molecular formula is C15H17NO4. The number of carbonyl (C=O) groups excluding carboxylic acids is 2. The maximum absolute atomic E-state index is 12.3. The minimum atomic E-state index is -0.0617. The largest absolute Gasteiger partial charge is 0.454 e. The zero-order valence-corrected chi connectivity index (χ0v) is 11.4. The second kappa shape index (κ2) is 5.15. The summed E-state index contributed by atoms with van der Waals surface area (Å²) in [5, 5.41) is 0. The van der Waals surface area contributed by atoms with E-state index in [2.05, 4.69) is 6.92 Å². The number of carbonyl (C=O) groups is 2. The molecule has 0 saturated carbocycles. The first-order valence-corrected chi connectivity index (χ1v) is 6.88. The van der Waals surface area contributed by atoms with E-state index >= 15 is 0 Å². The fourth-order valence-corrected chi connectivity index (χ4v) is 2.61. The Morgan fingerprint density at radius 2 is 2.15 bits per heavy atom. The number of Topliss-reactive ketones (excluding diaryl/α,β-unsaturated/α-hetero) is 1. The lowest BCUT2D eigenvalue weighted by atomic mass is 10.1. The van der Waals surface area contributed by atoms with Crippen LogP contribution >= 0.6 is 0 Å². The molecular weight excluding hydrogens is 258 g/mol. The van der Waals surface area contributed by atoms with Gasteiger partial charge in [-0.3, -0.25) is 9.59 Å². The van der Waals surface area contributed by atoms with Crippen LogP contribution in [0.3, 0.4) is 0 Å². The number of ether oxygens (including phenoxy) is 2. The predicted octanol–water partition coefficient (Wildman–Crippen LogP) is 1.86. The Labute approximate surface area is 117 Å². The molecule has 2 aliphatic rings. The van der Waals surface area contributed by atoms with Crippen LogP contribution in [-0.2, 0) is 4.79 Å². The van der Waals surface area contributed by atoms with E-state index in [4.69, 9.17) is 9.47 Å². The van der Waals surface area contributed by atoms with Crippen molar-refractivity contribution in [2.24, 2.45) is 5.92 Å². The van der Waals surface area contributed by atoms with Crippen LogP contribution in [0.25, 0.3) is 0 Å². The van der Waals surface area contributed by atoms with Gasteiger partial charge in [0.25, 0.3) is 0 Å². The van der Waals surface area contributed by atoms with Crippen LogP contribution in [0.5, 0.6) is 11.5 Å². The summed E-state index contributed by atoms with van der Waals surface area (Å²) < 4.78 is 10.5. The minimum Gasteiger partial charge on any atom is -0.454 e. The smallest absolute Gasteiger partial charge is 0.231 e. The normalized spacial score (nSPS) is 20.6. The highest BCUT2D eigenvalue weighted by Crippen LogP contribution is 2.32. The highest BCUT2D eigenvalue weighted by atomic mass is 16.7. The average Bonchev–Trinajstić information content (AvgIpc) is 3.04. The van der Waals surface area contributed by atoms with E-state index in [1.165, 1.54) is 0 Å². The maximum atomic E-state index is 12.3. The third-order valence-electron chi connectivity index (χ3n) is 3.90. The molecule has 0 bridgehead atoms. The SMILES string of the molecule is CCC1CC(=O)N(CC(=O)c2ccc3c(c2)OCO3)C1. The van der Waals surface area contributed by atoms with E-state index in [9.17, 15) is 9.59 Å². The number of nitrogens with zero attached hydrogens (tertiary/aromatic N) is 1. The van der Waals surface area contributed by atoms with Crippen LogP contribution in [-0.4, -0.2) is 36.5 Å². The molecule has 0 spiro atoms. The Bertz CT molecular complexity index is 555. The minimum absolute atomic E-state index is 0.0617. The summed E-state index contributed by atoms with van der Waals surface area (Å²) in [6.45, 7) is 3.09. The Kier molecular flexibility index (Phi) is 3.34. The summed E-state index contributed by atoms with van der Waals surface area (Å²) >= 11 is 0. The molecule has 1 aromatic rings. The standard InChI is InChI=1S/C15H17NO4/c1-2-10-5-15(18)16(7-10)8-12(17)11-3-4-13-14(6-11)20-9-19-13/h3-4,6,10H,2,5,7-9H2,1H3. The van der Waals surface area contributed by atoms with Gasteiger partial charge in [0.05, 0.1) is 6.54 Å². The van der Waals surface area contributed by atoms with Crippen LogP contribution in [0.15, 0.2) is 18.2 Å². The van der Waals surface area contributed by atoms with Crippen molar-refractivity contribution in [3.63, 3.8) is 0 Å². The van der Waals surface area contributed by atoms with Gasteiger partial charge in [0, 0.05) is 18.5 Å². The predicted molar refractivity (Wildman–Crippen MR) is 71.9 cm³/mol. The van der Waals surface area contributed by atoms with E-state index in [0.29, 0.717) is 35.9 Å². The van der Waals surface area contributed by atoms with E-state index in [1.807, 2.05) is 0 Å². The average molecular weight is 275 g/mol. The van der Waals surface area contributed by atoms with E-state index in [0.717, 1.165) is 6.42 Å². The molecule has 0 aliphatic carbocycles. The monoisotopic (exact) mass is 275 g/mol. The lowest BCUT2D eigenvalue weighted by Crippen LogP contribution is -2.31. The highest BCUT2D eigenvalue weighted by molar-refractivity contribution is 6.00. The Morgan fingerprint density at radius 1 is 1.35 bits per heavy atom. The van der Waals surface area contributed by atoms with Gasteiger partial charge in [0.15, 0.2) is 17.3 Å². The second-order valence-electron chi connectivity index (χ2n) is 5.24. The fourth-order valence-electron chi connectivity index (χ4n) is 2.61. The number of amides is 1. The first-order valence-electron chi connectivity index (χ1n) is 6.88. The van der Waals surface area contributed by atoms with Gasteiger partial charge in [-0.25, -0.2) is 0 Å². The molecule has 0 N–H and O–H groups in total. The highest BCUT2D eigenvalue weighted by Gasteiger charge is 2.30.